The number of carbonyl (C=O) groups is 1. The van der Waals surface area contributed by atoms with Gasteiger partial charge in [-0.15, -0.1) is 0 Å². The number of rotatable bonds is 5. The Morgan fingerprint density at radius 3 is 2.76 bits per heavy atom. The summed E-state index contributed by atoms with van der Waals surface area (Å²) in [6, 6.07) is 11.3. The van der Waals surface area contributed by atoms with Crippen LogP contribution in [-0.2, 0) is 11.3 Å². The molecule has 0 saturated heterocycles. The van der Waals surface area contributed by atoms with E-state index in [4.69, 9.17) is 10.5 Å². The van der Waals surface area contributed by atoms with Crippen molar-refractivity contribution in [1.29, 1.82) is 0 Å². The van der Waals surface area contributed by atoms with Crippen molar-refractivity contribution in [2.24, 2.45) is 5.73 Å². The zero-order valence-electron chi connectivity index (χ0n) is 11.1. The minimum Gasteiger partial charge on any atom is -0.483 e. The third-order valence-electron chi connectivity index (χ3n) is 2.75. The molecule has 6 heteroatoms. The van der Waals surface area contributed by atoms with E-state index in [1.165, 1.54) is 18.2 Å². The van der Waals surface area contributed by atoms with Crippen LogP contribution in [0.25, 0.3) is 0 Å². The van der Waals surface area contributed by atoms with Crippen molar-refractivity contribution in [3.63, 3.8) is 0 Å². The van der Waals surface area contributed by atoms with Crippen LogP contribution in [0.2, 0.25) is 0 Å². The zero-order valence-corrected chi connectivity index (χ0v) is 12.7. The van der Waals surface area contributed by atoms with Crippen LogP contribution in [0.1, 0.15) is 5.56 Å². The first-order valence-corrected chi connectivity index (χ1v) is 7.05. The number of hydrogen-bond donors (Lipinski definition) is 2. The highest BCUT2D eigenvalue weighted by molar-refractivity contribution is 9.10. The summed E-state index contributed by atoms with van der Waals surface area (Å²) >= 11 is 3.34. The molecule has 0 fully saturated rings. The highest BCUT2D eigenvalue weighted by atomic mass is 79.9. The SMILES string of the molecule is NCc1cc(F)ccc1OCC(=O)Nc1ccccc1Br. The Kier molecular flexibility index (Phi) is 5.30. The summed E-state index contributed by atoms with van der Waals surface area (Å²) in [6.07, 6.45) is 0. The quantitative estimate of drug-likeness (QED) is 0.868. The molecule has 0 aliphatic heterocycles. The second-order valence-electron chi connectivity index (χ2n) is 4.27. The van der Waals surface area contributed by atoms with E-state index in [9.17, 15) is 9.18 Å². The van der Waals surface area contributed by atoms with Crippen LogP contribution < -0.4 is 15.8 Å². The molecule has 110 valence electrons. The van der Waals surface area contributed by atoms with E-state index in [1.54, 1.807) is 6.07 Å². The number of hydrogen-bond acceptors (Lipinski definition) is 3. The first-order chi connectivity index (χ1) is 10.1. The number of para-hydroxylation sites is 1. The molecule has 0 bridgehead atoms. The van der Waals surface area contributed by atoms with Crippen LogP contribution in [-0.4, -0.2) is 12.5 Å². The van der Waals surface area contributed by atoms with Gasteiger partial charge in [-0.05, 0) is 46.3 Å². The Labute approximate surface area is 130 Å². The van der Waals surface area contributed by atoms with Crippen molar-refractivity contribution in [2.75, 3.05) is 11.9 Å². The van der Waals surface area contributed by atoms with E-state index in [2.05, 4.69) is 21.2 Å². The van der Waals surface area contributed by atoms with Crippen molar-refractivity contribution in [3.8, 4) is 5.75 Å². The van der Waals surface area contributed by atoms with Gasteiger partial charge in [0.05, 0.1) is 5.69 Å². The lowest BCUT2D eigenvalue weighted by molar-refractivity contribution is -0.118. The third-order valence-corrected chi connectivity index (χ3v) is 3.44. The van der Waals surface area contributed by atoms with Crippen molar-refractivity contribution >= 4 is 27.5 Å². The van der Waals surface area contributed by atoms with E-state index >= 15 is 0 Å². The molecule has 3 N–H and O–H groups in total. The van der Waals surface area contributed by atoms with Crippen molar-refractivity contribution in [2.45, 2.75) is 6.54 Å². The Bertz CT molecular complexity index is 649. The average molecular weight is 353 g/mol. The lowest BCUT2D eigenvalue weighted by Gasteiger charge is -2.11. The molecule has 0 unspecified atom stereocenters. The summed E-state index contributed by atoms with van der Waals surface area (Å²) in [5.74, 6) is -0.296. The molecule has 0 atom stereocenters. The predicted octanol–water partition coefficient (Wildman–Crippen LogP) is 3.06. The van der Waals surface area contributed by atoms with E-state index in [-0.39, 0.29) is 24.9 Å². The normalized spacial score (nSPS) is 10.2. The van der Waals surface area contributed by atoms with Gasteiger partial charge in [0, 0.05) is 16.6 Å². The number of halogens is 2. The van der Waals surface area contributed by atoms with Gasteiger partial charge in [0.15, 0.2) is 6.61 Å². The van der Waals surface area contributed by atoms with Crippen LogP contribution in [0.5, 0.6) is 5.75 Å². The highest BCUT2D eigenvalue weighted by Crippen LogP contribution is 2.22. The molecule has 1 amide bonds. The van der Waals surface area contributed by atoms with E-state index in [0.717, 1.165) is 4.47 Å². The zero-order chi connectivity index (χ0) is 15.2. The van der Waals surface area contributed by atoms with Gasteiger partial charge in [-0.2, -0.15) is 0 Å². The van der Waals surface area contributed by atoms with Crippen molar-refractivity contribution in [1.82, 2.24) is 0 Å². The molecular weight excluding hydrogens is 339 g/mol. The Morgan fingerprint density at radius 2 is 2.05 bits per heavy atom. The Hall–Kier alpha value is -1.92. The molecular formula is C15H14BrFN2O2. The van der Waals surface area contributed by atoms with Crippen LogP contribution in [0.3, 0.4) is 0 Å². The molecule has 0 aliphatic rings. The van der Waals surface area contributed by atoms with Gasteiger partial charge in [-0.25, -0.2) is 4.39 Å². The second kappa shape index (κ2) is 7.19. The molecule has 4 nitrogen and oxygen atoms in total. The maximum atomic E-state index is 13.1. The molecule has 0 heterocycles. The van der Waals surface area contributed by atoms with Gasteiger partial charge >= 0.3 is 0 Å². The molecule has 2 rings (SSSR count). The molecule has 2 aromatic carbocycles. The minimum absolute atomic E-state index is 0.138. The summed E-state index contributed by atoms with van der Waals surface area (Å²) in [7, 11) is 0. The molecule has 0 aliphatic carbocycles. The van der Waals surface area contributed by atoms with Gasteiger partial charge in [0.25, 0.3) is 5.91 Å². The van der Waals surface area contributed by atoms with E-state index < -0.39 is 0 Å². The van der Waals surface area contributed by atoms with E-state index in [1.807, 2.05) is 18.2 Å². The summed E-state index contributed by atoms with van der Waals surface area (Å²) in [5.41, 5.74) is 6.69. The lowest BCUT2D eigenvalue weighted by atomic mass is 10.2. The minimum atomic E-state index is -0.388. The van der Waals surface area contributed by atoms with Gasteiger partial charge in [0.1, 0.15) is 11.6 Å². The Balaban J connectivity index is 1.97. The topological polar surface area (TPSA) is 64.3 Å². The number of nitrogens with one attached hydrogen (secondary N) is 1. The number of nitrogens with two attached hydrogens (primary N) is 1. The fourth-order valence-corrected chi connectivity index (χ4v) is 2.12. The fourth-order valence-electron chi connectivity index (χ4n) is 1.74. The molecule has 0 spiro atoms. The van der Waals surface area contributed by atoms with Gasteiger partial charge in [-0.3, -0.25) is 4.79 Å². The van der Waals surface area contributed by atoms with Crippen LogP contribution in [0.15, 0.2) is 46.9 Å². The molecule has 0 saturated carbocycles. The average Bonchev–Trinajstić information content (AvgIpc) is 2.48. The van der Waals surface area contributed by atoms with Crippen molar-refractivity contribution in [3.05, 3.63) is 58.3 Å². The third kappa shape index (κ3) is 4.27. The van der Waals surface area contributed by atoms with Crippen LogP contribution in [0, 0.1) is 5.82 Å². The predicted molar refractivity (Wildman–Crippen MR) is 82.6 cm³/mol. The van der Waals surface area contributed by atoms with Crippen molar-refractivity contribution < 1.29 is 13.9 Å². The molecule has 21 heavy (non-hydrogen) atoms. The summed E-state index contributed by atoms with van der Waals surface area (Å²) < 4.78 is 19.2. The lowest BCUT2D eigenvalue weighted by Crippen LogP contribution is -2.21. The van der Waals surface area contributed by atoms with E-state index in [0.29, 0.717) is 17.0 Å². The maximum absolute atomic E-state index is 13.1. The fraction of sp³-hybridized carbons (Fsp3) is 0.133. The first-order valence-electron chi connectivity index (χ1n) is 6.26. The first kappa shape index (κ1) is 15.5. The number of amides is 1. The standard InChI is InChI=1S/C15H14BrFN2O2/c16-12-3-1-2-4-13(12)19-15(20)9-21-14-6-5-11(17)7-10(14)8-18/h1-7H,8-9,18H2,(H,19,20). The highest BCUT2D eigenvalue weighted by Gasteiger charge is 2.09. The van der Waals surface area contributed by atoms with Gasteiger partial charge in [0.2, 0.25) is 0 Å². The largest absolute Gasteiger partial charge is 0.483 e. The Morgan fingerprint density at radius 1 is 1.29 bits per heavy atom. The summed E-state index contributed by atoms with van der Waals surface area (Å²) in [5, 5.41) is 2.71. The monoisotopic (exact) mass is 352 g/mol. The number of anilines is 1. The maximum Gasteiger partial charge on any atom is 0.262 e. The molecule has 2 aromatic rings. The molecule has 0 radical (unpaired) electrons. The van der Waals surface area contributed by atoms with Crippen LogP contribution in [0.4, 0.5) is 10.1 Å². The second-order valence-corrected chi connectivity index (χ2v) is 5.13. The smallest absolute Gasteiger partial charge is 0.262 e. The van der Waals surface area contributed by atoms with Crippen LogP contribution >= 0.6 is 15.9 Å². The number of ether oxygens (including phenoxy) is 1. The van der Waals surface area contributed by atoms with Gasteiger partial charge < -0.3 is 15.8 Å². The number of benzene rings is 2. The summed E-state index contributed by atoms with van der Waals surface area (Å²) in [4.78, 5) is 11.8. The number of carbonyl (C=O) groups excluding carboxylic acids is 1. The molecule has 0 aromatic heterocycles. The van der Waals surface area contributed by atoms with Gasteiger partial charge in [-0.1, -0.05) is 12.1 Å². The summed E-state index contributed by atoms with van der Waals surface area (Å²) in [6.45, 7) is -0.0427.